The number of aromatic nitrogens is 2. The molecule has 0 radical (unpaired) electrons. The van der Waals surface area contributed by atoms with Crippen LogP contribution in [0.4, 0.5) is 4.39 Å². The number of likely N-dealkylation sites (tertiary alicyclic amines) is 1. The summed E-state index contributed by atoms with van der Waals surface area (Å²) < 4.78 is 14.8. The molecule has 9 heteroatoms. The number of hydrogen-bond donors (Lipinski definition) is 2. The van der Waals surface area contributed by atoms with Crippen molar-refractivity contribution in [3.8, 4) is 5.69 Å². The van der Waals surface area contributed by atoms with Gasteiger partial charge >= 0.3 is 0 Å². The number of amides is 3. The Morgan fingerprint density at radius 1 is 1.23 bits per heavy atom. The highest BCUT2D eigenvalue weighted by Gasteiger charge is 2.33. The number of carbonyl (C=O) groups excluding carboxylic acids is 3. The Morgan fingerprint density at radius 2 is 1.93 bits per heavy atom. The molecule has 30 heavy (non-hydrogen) atoms. The van der Waals surface area contributed by atoms with Gasteiger partial charge in [0.2, 0.25) is 11.8 Å². The number of rotatable bonds is 6. The van der Waals surface area contributed by atoms with Gasteiger partial charge < -0.3 is 15.5 Å². The van der Waals surface area contributed by atoms with Crippen molar-refractivity contribution in [1.82, 2.24) is 25.3 Å². The molecule has 0 aliphatic carbocycles. The fourth-order valence-corrected chi connectivity index (χ4v) is 3.73. The summed E-state index contributed by atoms with van der Waals surface area (Å²) >= 11 is 0. The molecule has 0 saturated carbocycles. The minimum Gasteiger partial charge on any atom is -0.357 e. The van der Waals surface area contributed by atoms with Crippen LogP contribution < -0.4 is 10.6 Å². The molecule has 1 unspecified atom stereocenters. The van der Waals surface area contributed by atoms with Crippen molar-refractivity contribution >= 4 is 17.7 Å². The van der Waals surface area contributed by atoms with Crippen LogP contribution in [0.3, 0.4) is 0 Å². The topological polar surface area (TPSA) is 96.3 Å². The van der Waals surface area contributed by atoms with E-state index in [0.717, 1.165) is 6.42 Å². The average molecular weight is 415 g/mol. The van der Waals surface area contributed by atoms with Gasteiger partial charge in [-0.05, 0) is 43.0 Å². The predicted molar refractivity (Wildman–Crippen MR) is 109 cm³/mol. The number of likely N-dealkylation sites (N-methyl/N-ethyl adjacent to an activating group) is 1. The molecule has 1 aromatic heterocycles. The van der Waals surface area contributed by atoms with Crippen molar-refractivity contribution in [2.45, 2.75) is 38.6 Å². The molecular formula is C21H26FN5O3. The van der Waals surface area contributed by atoms with Crippen LogP contribution in [0, 0.1) is 5.82 Å². The van der Waals surface area contributed by atoms with Crippen LogP contribution in [0.25, 0.3) is 5.69 Å². The molecule has 8 nitrogen and oxygen atoms in total. The summed E-state index contributed by atoms with van der Waals surface area (Å²) in [5.74, 6) is -1.31. The summed E-state index contributed by atoms with van der Waals surface area (Å²) in [6, 6.07) is 5.35. The third-order valence-corrected chi connectivity index (χ3v) is 5.19. The predicted octanol–water partition coefficient (Wildman–Crippen LogP) is 1.60. The van der Waals surface area contributed by atoms with Gasteiger partial charge in [-0.1, -0.05) is 13.8 Å². The van der Waals surface area contributed by atoms with Crippen molar-refractivity contribution in [1.29, 1.82) is 0 Å². The summed E-state index contributed by atoms with van der Waals surface area (Å²) in [5.41, 5.74) is 1.66. The quantitative estimate of drug-likeness (QED) is 0.749. The molecule has 1 aromatic carbocycles. The lowest BCUT2D eigenvalue weighted by Gasteiger charge is -2.23. The lowest BCUT2D eigenvalue weighted by Crippen LogP contribution is -2.48. The van der Waals surface area contributed by atoms with E-state index in [1.807, 2.05) is 13.8 Å². The SMILES string of the molecule is CNC(=O)C1CCCN1C(=O)CNC(=O)c1cnn(-c2ccc(F)cc2)c1C(C)C. The molecule has 2 heterocycles. The molecule has 0 spiro atoms. The summed E-state index contributed by atoms with van der Waals surface area (Å²) in [5, 5.41) is 9.51. The van der Waals surface area contributed by atoms with E-state index in [4.69, 9.17) is 0 Å². The maximum Gasteiger partial charge on any atom is 0.255 e. The van der Waals surface area contributed by atoms with Gasteiger partial charge in [-0.3, -0.25) is 14.4 Å². The Bertz CT molecular complexity index is 939. The van der Waals surface area contributed by atoms with Gasteiger partial charge in [0.25, 0.3) is 5.91 Å². The highest BCUT2D eigenvalue weighted by molar-refractivity contribution is 5.98. The van der Waals surface area contributed by atoms with E-state index in [-0.39, 0.29) is 30.1 Å². The Balaban J connectivity index is 1.73. The smallest absolute Gasteiger partial charge is 0.255 e. The van der Waals surface area contributed by atoms with E-state index in [2.05, 4.69) is 15.7 Å². The van der Waals surface area contributed by atoms with Gasteiger partial charge in [0.1, 0.15) is 11.9 Å². The molecule has 3 amide bonds. The van der Waals surface area contributed by atoms with Gasteiger partial charge in [-0.2, -0.15) is 5.10 Å². The third kappa shape index (κ3) is 4.34. The van der Waals surface area contributed by atoms with Gasteiger partial charge in [-0.15, -0.1) is 0 Å². The lowest BCUT2D eigenvalue weighted by molar-refractivity contribution is -0.137. The number of nitrogens with zero attached hydrogens (tertiary/aromatic N) is 3. The average Bonchev–Trinajstić information content (AvgIpc) is 3.39. The van der Waals surface area contributed by atoms with Gasteiger partial charge in [0, 0.05) is 13.6 Å². The van der Waals surface area contributed by atoms with Crippen LogP contribution in [-0.4, -0.2) is 58.6 Å². The molecule has 2 aromatic rings. The molecule has 1 fully saturated rings. The molecule has 2 N–H and O–H groups in total. The second-order valence-electron chi connectivity index (χ2n) is 7.53. The summed E-state index contributed by atoms with van der Waals surface area (Å²) in [6.07, 6.45) is 2.81. The number of benzene rings is 1. The first kappa shape index (κ1) is 21.5. The van der Waals surface area contributed by atoms with E-state index >= 15 is 0 Å². The number of hydrogen-bond acceptors (Lipinski definition) is 4. The monoisotopic (exact) mass is 415 g/mol. The zero-order valence-electron chi connectivity index (χ0n) is 17.3. The van der Waals surface area contributed by atoms with Crippen LogP contribution in [0.1, 0.15) is 48.7 Å². The Morgan fingerprint density at radius 3 is 2.57 bits per heavy atom. The van der Waals surface area contributed by atoms with Gasteiger partial charge in [0.15, 0.2) is 0 Å². The van der Waals surface area contributed by atoms with Crippen molar-refractivity contribution in [2.24, 2.45) is 0 Å². The van der Waals surface area contributed by atoms with Gasteiger partial charge in [0.05, 0.1) is 29.7 Å². The van der Waals surface area contributed by atoms with E-state index in [9.17, 15) is 18.8 Å². The standard InChI is InChI=1S/C21H26FN5O3/c1-13(2)19-16(11-25-27(19)15-8-6-14(22)7-9-15)20(29)24-12-18(28)26-10-4-5-17(26)21(30)23-3/h6-9,11,13,17H,4-5,10,12H2,1-3H3,(H,23,30)(H,24,29). The molecule has 1 aliphatic rings. The number of halogens is 1. The molecule has 1 aliphatic heterocycles. The molecule has 0 bridgehead atoms. The largest absolute Gasteiger partial charge is 0.357 e. The van der Waals surface area contributed by atoms with E-state index in [0.29, 0.717) is 29.9 Å². The first-order valence-electron chi connectivity index (χ1n) is 9.96. The second kappa shape index (κ2) is 9.06. The Kier molecular flexibility index (Phi) is 6.49. The zero-order valence-corrected chi connectivity index (χ0v) is 17.3. The fourth-order valence-electron chi connectivity index (χ4n) is 3.73. The minimum absolute atomic E-state index is 0.0368. The van der Waals surface area contributed by atoms with Crippen LogP contribution >= 0.6 is 0 Å². The van der Waals surface area contributed by atoms with Gasteiger partial charge in [-0.25, -0.2) is 9.07 Å². The molecule has 3 rings (SSSR count). The Hall–Kier alpha value is -3.23. The van der Waals surface area contributed by atoms with Crippen LogP contribution in [0.5, 0.6) is 0 Å². The van der Waals surface area contributed by atoms with E-state index in [1.165, 1.54) is 30.3 Å². The third-order valence-electron chi connectivity index (χ3n) is 5.19. The van der Waals surface area contributed by atoms with E-state index in [1.54, 1.807) is 16.8 Å². The molecular weight excluding hydrogens is 389 g/mol. The van der Waals surface area contributed by atoms with Crippen LogP contribution in [0.15, 0.2) is 30.5 Å². The van der Waals surface area contributed by atoms with Crippen molar-refractivity contribution in [3.63, 3.8) is 0 Å². The Labute approximate surface area is 174 Å². The first-order valence-corrected chi connectivity index (χ1v) is 9.96. The molecule has 1 atom stereocenters. The number of carbonyl (C=O) groups is 3. The highest BCUT2D eigenvalue weighted by Crippen LogP contribution is 2.23. The van der Waals surface area contributed by atoms with Crippen molar-refractivity contribution < 1.29 is 18.8 Å². The molecule has 160 valence electrons. The van der Waals surface area contributed by atoms with Crippen molar-refractivity contribution in [3.05, 3.63) is 47.5 Å². The fraction of sp³-hybridized carbons (Fsp3) is 0.429. The highest BCUT2D eigenvalue weighted by atomic mass is 19.1. The summed E-state index contributed by atoms with van der Waals surface area (Å²) in [7, 11) is 1.54. The zero-order chi connectivity index (χ0) is 21.8. The van der Waals surface area contributed by atoms with Crippen LogP contribution in [0.2, 0.25) is 0 Å². The van der Waals surface area contributed by atoms with Crippen molar-refractivity contribution in [2.75, 3.05) is 20.1 Å². The minimum atomic E-state index is -0.494. The second-order valence-corrected chi connectivity index (χ2v) is 7.53. The van der Waals surface area contributed by atoms with Crippen LogP contribution in [-0.2, 0) is 9.59 Å². The lowest BCUT2D eigenvalue weighted by atomic mass is 10.0. The first-order chi connectivity index (χ1) is 14.3. The summed E-state index contributed by atoms with van der Waals surface area (Å²) in [6.45, 7) is 4.15. The maximum absolute atomic E-state index is 13.2. The number of nitrogens with one attached hydrogen (secondary N) is 2. The molecule has 1 saturated heterocycles. The maximum atomic E-state index is 13.2. The summed E-state index contributed by atoms with van der Waals surface area (Å²) in [4.78, 5) is 38.8. The normalized spacial score (nSPS) is 16.0. The van der Waals surface area contributed by atoms with E-state index < -0.39 is 11.9 Å².